The quantitative estimate of drug-likeness (QED) is 0.915. The van der Waals surface area contributed by atoms with Crippen LogP contribution in [0.5, 0.6) is 0 Å². The van der Waals surface area contributed by atoms with Crippen molar-refractivity contribution in [2.24, 2.45) is 0 Å². The molecule has 0 saturated carbocycles. The third-order valence-corrected chi connectivity index (χ3v) is 4.90. The molecule has 3 atom stereocenters. The van der Waals surface area contributed by atoms with Crippen LogP contribution < -0.4 is 5.32 Å². The summed E-state index contributed by atoms with van der Waals surface area (Å²) in [6, 6.07) is 5.49. The number of likely N-dealkylation sites (N-methyl/N-ethyl adjacent to an activating group) is 1. The summed E-state index contributed by atoms with van der Waals surface area (Å²) in [6.07, 6.45) is 8.26. The minimum atomic E-state index is -0.110. The van der Waals surface area contributed by atoms with Crippen molar-refractivity contribution in [2.45, 2.75) is 56.7 Å². The van der Waals surface area contributed by atoms with Gasteiger partial charge in [0, 0.05) is 37.6 Å². The third-order valence-electron chi connectivity index (χ3n) is 4.90. The van der Waals surface area contributed by atoms with Gasteiger partial charge in [-0.05, 0) is 44.2 Å². The second-order valence-electron chi connectivity index (χ2n) is 6.22. The maximum atomic E-state index is 12.7. The van der Waals surface area contributed by atoms with E-state index < -0.39 is 0 Å². The van der Waals surface area contributed by atoms with Crippen LogP contribution in [0.25, 0.3) is 0 Å². The predicted molar refractivity (Wildman–Crippen MR) is 78.4 cm³/mol. The van der Waals surface area contributed by atoms with Gasteiger partial charge in [-0.25, -0.2) is 0 Å². The number of nitrogens with zero attached hydrogens (tertiary/aromatic N) is 2. The fraction of sp³-hybridized carbons (Fsp3) is 0.625. The zero-order chi connectivity index (χ0) is 14.1. The van der Waals surface area contributed by atoms with E-state index in [-0.39, 0.29) is 11.8 Å². The number of rotatable bonds is 3. The molecule has 4 heteroatoms. The Kier molecular flexibility index (Phi) is 3.74. The molecular formula is C16H23N3O. The van der Waals surface area contributed by atoms with E-state index in [2.05, 4.69) is 10.3 Å². The van der Waals surface area contributed by atoms with Gasteiger partial charge in [0.05, 0.1) is 5.92 Å². The molecule has 1 aromatic rings. The summed E-state index contributed by atoms with van der Waals surface area (Å²) in [7, 11) is 1.96. The molecule has 0 aromatic carbocycles. The Bertz CT molecular complexity index is 464. The number of fused-ring (bicyclic) bond motifs is 2. The summed E-state index contributed by atoms with van der Waals surface area (Å²) in [5.74, 6) is 0.102. The first kappa shape index (κ1) is 13.6. The fourth-order valence-corrected chi connectivity index (χ4v) is 3.60. The lowest BCUT2D eigenvalue weighted by molar-refractivity contribution is -0.133. The summed E-state index contributed by atoms with van der Waals surface area (Å²) in [4.78, 5) is 18.7. The molecule has 1 amide bonds. The molecule has 4 nitrogen and oxygen atoms in total. The van der Waals surface area contributed by atoms with Crippen LogP contribution in [0, 0.1) is 0 Å². The van der Waals surface area contributed by atoms with Gasteiger partial charge >= 0.3 is 0 Å². The number of hydrogen-bond acceptors (Lipinski definition) is 3. The van der Waals surface area contributed by atoms with E-state index in [0.29, 0.717) is 18.1 Å². The van der Waals surface area contributed by atoms with Crippen LogP contribution in [0.2, 0.25) is 0 Å². The van der Waals surface area contributed by atoms with E-state index in [1.165, 1.54) is 12.8 Å². The van der Waals surface area contributed by atoms with Gasteiger partial charge in [-0.3, -0.25) is 9.78 Å². The first-order valence-corrected chi connectivity index (χ1v) is 7.58. The average molecular weight is 273 g/mol. The number of amides is 1. The molecule has 0 spiro atoms. The summed E-state index contributed by atoms with van der Waals surface area (Å²) in [6.45, 7) is 1.98. The highest BCUT2D eigenvalue weighted by atomic mass is 16.2. The van der Waals surface area contributed by atoms with Gasteiger partial charge in [0.25, 0.3) is 0 Å². The molecule has 0 radical (unpaired) electrons. The van der Waals surface area contributed by atoms with Gasteiger partial charge in [0.2, 0.25) is 5.91 Å². The zero-order valence-corrected chi connectivity index (χ0v) is 12.2. The molecule has 3 unspecified atom stereocenters. The monoisotopic (exact) mass is 273 g/mol. The first-order valence-electron chi connectivity index (χ1n) is 7.58. The number of hydrogen-bond donors (Lipinski definition) is 1. The number of carbonyl (C=O) groups excluding carboxylic acids is 1. The Labute approximate surface area is 120 Å². The standard InChI is InChI=1S/C16H23N3O/c1-11(12-4-3-7-17-10-12)16(20)19(2)15-8-13-5-6-14(9-15)18-13/h3-4,7,10-11,13-15,18H,5-6,8-9H2,1-2H3. The van der Waals surface area contributed by atoms with Crippen LogP contribution in [-0.2, 0) is 4.79 Å². The van der Waals surface area contributed by atoms with Crippen LogP contribution in [0.1, 0.15) is 44.1 Å². The van der Waals surface area contributed by atoms with Gasteiger partial charge in [0.15, 0.2) is 0 Å². The molecule has 20 heavy (non-hydrogen) atoms. The highest BCUT2D eigenvalue weighted by Crippen LogP contribution is 2.30. The molecule has 108 valence electrons. The van der Waals surface area contributed by atoms with Crippen molar-refractivity contribution in [3.05, 3.63) is 30.1 Å². The number of nitrogens with one attached hydrogen (secondary N) is 1. The number of piperidine rings is 1. The van der Waals surface area contributed by atoms with E-state index in [1.54, 1.807) is 12.4 Å². The number of pyridine rings is 1. The van der Waals surface area contributed by atoms with Crippen molar-refractivity contribution in [2.75, 3.05) is 7.05 Å². The molecular weight excluding hydrogens is 250 g/mol. The van der Waals surface area contributed by atoms with E-state index >= 15 is 0 Å². The highest BCUT2D eigenvalue weighted by Gasteiger charge is 2.37. The Morgan fingerprint density at radius 3 is 2.70 bits per heavy atom. The lowest BCUT2D eigenvalue weighted by atomic mass is 9.95. The zero-order valence-electron chi connectivity index (χ0n) is 12.2. The van der Waals surface area contributed by atoms with E-state index in [9.17, 15) is 4.79 Å². The van der Waals surface area contributed by atoms with Crippen LogP contribution >= 0.6 is 0 Å². The van der Waals surface area contributed by atoms with E-state index in [1.807, 2.05) is 31.0 Å². The van der Waals surface area contributed by atoms with Crippen molar-refractivity contribution < 1.29 is 4.79 Å². The molecule has 3 heterocycles. The van der Waals surface area contributed by atoms with Crippen molar-refractivity contribution in [1.29, 1.82) is 0 Å². The number of carbonyl (C=O) groups is 1. The van der Waals surface area contributed by atoms with Crippen molar-refractivity contribution in [3.8, 4) is 0 Å². The molecule has 0 aliphatic carbocycles. The average Bonchev–Trinajstić information content (AvgIpc) is 2.84. The van der Waals surface area contributed by atoms with Crippen LogP contribution in [0.4, 0.5) is 0 Å². The van der Waals surface area contributed by atoms with E-state index in [4.69, 9.17) is 0 Å². The van der Waals surface area contributed by atoms with Crippen LogP contribution in [-0.4, -0.2) is 41.0 Å². The molecule has 2 aliphatic heterocycles. The van der Waals surface area contributed by atoms with Crippen LogP contribution in [0.3, 0.4) is 0 Å². The smallest absolute Gasteiger partial charge is 0.229 e. The first-order chi connectivity index (χ1) is 9.65. The summed E-state index contributed by atoms with van der Waals surface area (Å²) >= 11 is 0. The molecule has 3 rings (SSSR count). The van der Waals surface area contributed by atoms with Crippen molar-refractivity contribution >= 4 is 5.91 Å². The second kappa shape index (κ2) is 5.52. The molecule has 2 saturated heterocycles. The Hall–Kier alpha value is -1.42. The van der Waals surface area contributed by atoms with Gasteiger partial charge in [-0.15, -0.1) is 0 Å². The molecule has 2 aliphatic rings. The maximum Gasteiger partial charge on any atom is 0.229 e. The second-order valence-corrected chi connectivity index (χ2v) is 6.22. The van der Waals surface area contributed by atoms with E-state index in [0.717, 1.165) is 18.4 Å². The Morgan fingerprint density at radius 1 is 1.40 bits per heavy atom. The van der Waals surface area contributed by atoms with Gasteiger partial charge in [0.1, 0.15) is 0 Å². The van der Waals surface area contributed by atoms with Crippen molar-refractivity contribution in [3.63, 3.8) is 0 Å². The molecule has 1 aromatic heterocycles. The largest absolute Gasteiger partial charge is 0.342 e. The molecule has 1 N–H and O–H groups in total. The lowest BCUT2D eigenvalue weighted by Gasteiger charge is -2.36. The Balaban J connectivity index is 1.67. The molecule has 2 bridgehead atoms. The highest BCUT2D eigenvalue weighted by molar-refractivity contribution is 5.83. The lowest BCUT2D eigenvalue weighted by Crippen LogP contribution is -2.49. The normalized spacial score (nSPS) is 30.0. The van der Waals surface area contributed by atoms with Gasteiger partial charge in [-0.1, -0.05) is 6.07 Å². The third kappa shape index (κ3) is 2.57. The van der Waals surface area contributed by atoms with Gasteiger partial charge in [-0.2, -0.15) is 0 Å². The Morgan fingerprint density at radius 2 is 2.10 bits per heavy atom. The topological polar surface area (TPSA) is 45.2 Å². The summed E-state index contributed by atoms with van der Waals surface area (Å²) < 4.78 is 0. The fourth-order valence-electron chi connectivity index (χ4n) is 3.60. The minimum absolute atomic E-state index is 0.110. The van der Waals surface area contributed by atoms with Gasteiger partial charge < -0.3 is 10.2 Å². The minimum Gasteiger partial charge on any atom is -0.342 e. The van der Waals surface area contributed by atoms with Crippen molar-refractivity contribution in [1.82, 2.24) is 15.2 Å². The summed E-state index contributed by atoms with van der Waals surface area (Å²) in [5.41, 5.74) is 1.00. The predicted octanol–water partition coefficient (Wildman–Crippen LogP) is 1.93. The maximum absolute atomic E-state index is 12.7. The number of aromatic nitrogens is 1. The summed E-state index contributed by atoms with van der Waals surface area (Å²) in [5, 5.41) is 3.63. The van der Waals surface area contributed by atoms with Crippen LogP contribution in [0.15, 0.2) is 24.5 Å². The molecule has 2 fully saturated rings. The SMILES string of the molecule is CC(C(=O)N(C)C1CC2CCC(C1)N2)c1cccnc1.